The Morgan fingerprint density at radius 3 is 2.25 bits per heavy atom. The molecule has 0 aliphatic heterocycles. The molecule has 4 heteroatoms. The van der Waals surface area contributed by atoms with Crippen LogP contribution in [0, 0.1) is 0 Å². The normalized spacial score (nSPS) is 9.20. The molecule has 0 amide bonds. The van der Waals surface area contributed by atoms with Crippen molar-refractivity contribution >= 4 is 16.7 Å². The summed E-state index contributed by atoms with van der Waals surface area (Å²) in [5, 5.41) is 3.47. The third-order valence-corrected chi connectivity index (χ3v) is 2.45. The topological polar surface area (TPSA) is 68.1 Å². The molecule has 0 bridgehead atoms. The fourth-order valence-corrected chi connectivity index (χ4v) is 1.50. The maximum absolute atomic E-state index is 5.76. The van der Waals surface area contributed by atoms with Crippen molar-refractivity contribution in [2.45, 2.75) is 0 Å². The quantitative estimate of drug-likeness (QED) is 0.699. The number of nitrogens with one attached hydrogen (secondary N) is 1. The zero-order valence-corrected chi connectivity index (χ0v) is 10.9. The molecule has 2 rings (SSSR count). The number of H-pyrrole nitrogens is 1. The van der Waals surface area contributed by atoms with Gasteiger partial charge in [0.05, 0.1) is 0 Å². The van der Waals surface area contributed by atoms with Crippen LogP contribution in [0.1, 0.15) is 0 Å². The van der Waals surface area contributed by atoms with Gasteiger partial charge in [-0.2, -0.15) is 9.84 Å². The molecule has 0 aliphatic carbocycles. The Morgan fingerprint density at radius 2 is 1.40 bits per heavy atom. The maximum Gasteiger partial charge on any atom is 0.188 e. The number of nitrogen functional groups attached to an aromatic ring is 1. The molecule has 0 aliphatic rings. The third-order valence-electron chi connectivity index (χ3n) is 2.45. The summed E-state index contributed by atoms with van der Waals surface area (Å²) >= 11 is 0. The fourth-order valence-electron chi connectivity index (χ4n) is 1.50. The molecule has 0 fully saturated rings. The summed E-state index contributed by atoms with van der Waals surface area (Å²) in [6.45, 7) is 0. The molecule has 1 heterocycles. The van der Waals surface area contributed by atoms with Crippen LogP contribution in [-0.2, 0) is 0 Å². The second-order valence-corrected chi connectivity index (χ2v) is 3.95. The third kappa shape index (κ3) is 4.42. The summed E-state index contributed by atoms with van der Waals surface area (Å²) in [6.07, 6.45) is 1.58. The number of benzene rings is 1. The summed E-state index contributed by atoms with van der Waals surface area (Å²) < 4.78 is 10.1. The zero-order valence-electron chi connectivity index (χ0n) is 10.9. The number of para-hydroxylation sites is 1. The average molecular weight is 268 g/mol. The van der Waals surface area contributed by atoms with Gasteiger partial charge in [-0.3, -0.25) is 4.58 Å². The van der Waals surface area contributed by atoms with Gasteiger partial charge >= 0.3 is 0 Å². The molecule has 20 heavy (non-hydrogen) atoms. The zero-order chi connectivity index (χ0) is 14.0. The van der Waals surface area contributed by atoms with Gasteiger partial charge in [0.2, 0.25) is 0 Å². The van der Waals surface area contributed by atoms with Crippen molar-refractivity contribution < 1.29 is 9.26 Å². The number of hydrogen-bond acceptors (Lipinski definition) is 3. The van der Waals surface area contributed by atoms with Gasteiger partial charge in [0, 0.05) is 17.3 Å². The van der Waals surface area contributed by atoms with Gasteiger partial charge in [-0.1, -0.05) is 48.5 Å². The Hall–Kier alpha value is -2.88. The van der Waals surface area contributed by atoms with E-state index in [9.17, 15) is 0 Å². The van der Waals surface area contributed by atoms with Crippen LogP contribution in [0.3, 0.4) is 0 Å². The van der Waals surface area contributed by atoms with Gasteiger partial charge in [0.15, 0.2) is 5.58 Å². The summed E-state index contributed by atoms with van der Waals surface area (Å²) in [7, 11) is 0. The molecule has 102 valence electrons. The number of anilines is 1. The van der Waals surface area contributed by atoms with Crippen molar-refractivity contribution in [3.8, 4) is 0 Å². The number of aromatic nitrogens is 1. The molecule has 0 atom stereocenters. The molecule has 0 saturated carbocycles. The predicted molar refractivity (Wildman–Crippen MR) is 80.1 cm³/mol. The number of aromatic amines is 1. The highest BCUT2D eigenvalue weighted by atomic mass is 17.0. The molecule has 3 N–H and O–H groups in total. The highest BCUT2D eigenvalue weighted by Gasteiger charge is 1.87. The van der Waals surface area contributed by atoms with Crippen molar-refractivity contribution in [2.24, 2.45) is 0 Å². The number of hydrogen-bond donors (Lipinski definition) is 2. The van der Waals surface area contributed by atoms with Crippen LogP contribution >= 0.6 is 0 Å². The lowest BCUT2D eigenvalue weighted by atomic mass is 10.2. The number of fused-ring (bicyclic) bond motifs is 1. The smallest absolute Gasteiger partial charge is 0.188 e. The van der Waals surface area contributed by atoms with E-state index in [1.54, 1.807) is 24.4 Å². The molecule has 0 radical (unpaired) electrons. The summed E-state index contributed by atoms with van der Waals surface area (Å²) in [4.78, 5) is 0. The Balaban J connectivity index is 2.62. The van der Waals surface area contributed by atoms with Gasteiger partial charge in [-0.25, -0.2) is 0 Å². The molecule has 2 aromatic rings. The summed E-state index contributed by atoms with van der Waals surface area (Å²) in [6, 6.07) is 22.4. The molecule has 0 unspecified atom stereocenters. The first-order valence-electron chi connectivity index (χ1n) is 6.18. The maximum atomic E-state index is 5.76. The highest BCUT2D eigenvalue weighted by Crippen LogP contribution is 2.08. The van der Waals surface area contributed by atoms with Gasteiger partial charge in [-0.15, -0.1) is 0 Å². The SMILES string of the molecule is Nc1ccccccc2ccccc2oo[nH]ccc1. The fraction of sp³-hybridized carbons (Fsp3) is 0. The minimum Gasteiger partial charge on any atom is -0.399 e. The van der Waals surface area contributed by atoms with E-state index in [1.807, 2.05) is 54.6 Å². The van der Waals surface area contributed by atoms with E-state index in [0.29, 0.717) is 11.3 Å². The second-order valence-electron chi connectivity index (χ2n) is 3.95. The largest absolute Gasteiger partial charge is 0.399 e. The molecule has 0 spiro atoms. The van der Waals surface area contributed by atoms with E-state index >= 15 is 0 Å². The molecule has 1 aromatic carbocycles. The van der Waals surface area contributed by atoms with Crippen LogP contribution in [0.15, 0.2) is 88.3 Å². The van der Waals surface area contributed by atoms with Crippen LogP contribution in [0.4, 0.5) is 5.69 Å². The van der Waals surface area contributed by atoms with Crippen LogP contribution in [-0.4, -0.2) is 5.16 Å². The van der Waals surface area contributed by atoms with E-state index in [-0.39, 0.29) is 0 Å². The van der Waals surface area contributed by atoms with Crippen molar-refractivity contribution in [1.29, 1.82) is 0 Å². The number of nitrogens with two attached hydrogens (primary N) is 1. The lowest BCUT2D eigenvalue weighted by Crippen LogP contribution is -1.78. The van der Waals surface area contributed by atoms with Gasteiger partial charge in [0.25, 0.3) is 0 Å². The first-order chi connectivity index (χ1) is 9.86. The predicted octanol–water partition coefficient (Wildman–Crippen LogP) is 4.31. The monoisotopic (exact) mass is 268 g/mol. The van der Waals surface area contributed by atoms with Crippen LogP contribution < -0.4 is 5.73 Å². The minimum atomic E-state index is 0.624. The van der Waals surface area contributed by atoms with E-state index in [1.165, 1.54) is 0 Å². The molecule has 0 saturated heterocycles. The standard InChI is InChI=1S/C16H16N2O2/c17-15-10-4-2-1-3-8-14-9-5-6-12-16(14)19-20-18-13-7-11-15/h1-13,18H,17H2. The first-order valence-corrected chi connectivity index (χ1v) is 6.18. The molecule has 1 aromatic heterocycles. The van der Waals surface area contributed by atoms with Gasteiger partial charge in [0.1, 0.15) is 0 Å². The van der Waals surface area contributed by atoms with E-state index in [0.717, 1.165) is 5.39 Å². The summed E-state index contributed by atoms with van der Waals surface area (Å²) in [5.41, 5.74) is 7.01. The van der Waals surface area contributed by atoms with Crippen molar-refractivity contribution in [2.75, 3.05) is 5.73 Å². The summed E-state index contributed by atoms with van der Waals surface area (Å²) in [5.74, 6) is 0. The van der Waals surface area contributed by atoms with Gasteiger partial charge < -0.3 is 5.73 Å². The first kappa shape index (κ1) is 13.5. The van der Waals surface area contributed by atoms with E-state index < -0.39 is 0 Å². The minimum absolute atomic E-state index is 0.624. The lowest BCUT2D eigenvalue weighted by molar-refractivity contribution is 0.00728. The average Bonchev–Trinajstić information content (AvgIpc) is 2.47. The van der Waals surface area contributed by atoms with E-state index in [2.05, 4.69) is 5.16 Å². The van der Waals surface area contributed by atoms with Crippen molar-refractivity contribution in [3.05, 3.63) is 79.0 Å². The van der Waals surface area contributed by atoms with Crippen LogP contribution in [0.5, 0.6) is 0 Å². The molecular formula is C16H16N2O2. The van der Waals surface area contributed by atoms with Crippen LogP contribution in [0.2, 0.25) is 0 Å². The second kappa shape index (κ2) is 7.53. The Labute approximate surface area is 116 Å². The lowest BCUT2D eigenvalue weighted by Gasteiger charge is -1.87. The Morgan fingerprint density at radius 1 is 0.750 bits per heavy atom. The van der Waals surface area contributed by atoms with Crippen LogP contribution in [0.25, 0.3) is 11.0 Å². The van der Waals surface area contributed by atoms with Gasteiger partial charge in [-0.05, 0) is 24.3 Å². The highest BCUT2D eigenvalue weighted by molar-refractivity contribution is 5.74. The van der Waals surface area contributed by atoms with Crippen molar-refractivity contribution in [3.63, 3.8) is 0 Å². The Kier molecular flexibility index (Phi) is 5.10. The Bertz CT molecular complexity index is 650. The van der Waals surface area contributed by atoms with Crippen molar-refractivity contribution in [1.82, 2.24) is 5.16 Å². The van der Waals surface area contributed by atoms with E-state index in [4.69, 9.17) is 15.0 Å². The molecule has 4 nitrogen and oxygen atoms in total. The number of rotatable bonds is 0. The molecular weight excluding hydrogens is 252 g/mol.